The highest BCUT2D eigenvalue weighted by Gasteiger charge is 2.12. The van der Waals surface area contributed by atoms with E-state index in [-0.39, 0.29) is 6.04 Å². The van der Waals surface area contributed by atoms with Gasteiger partial charge >= 0.3 is 0 Å². The van der Waals surface area contributed by atoms with Crippen LogP contribution in [0.25, 0.3) is 43.7 Å². The minimum atomic E-state index is -0.0118. The molecule has 0 fully saturated rings. The number of nitrogens with zero attached hydrogens (tertiary/aromatic N) is 3. The molecule has 1 unspecified atom stereocenters. The molecule has 0 radical (unpaired) electrons. The predicted octanol–water partition coefficient (Wildman–Crippen LogP) is 10.2. The fourth-order valence-corrected chi connectivity index (χ4v) is 5.72. The first-order chi connectivity index (χ1) is 21.1. The molecule has 0 aliphatic heterocycles. The van der Waals surface area contributed by atoms with Crippen molar-refractivity contribution in [1.82, 2.24) is 4.98 Å². The first-order valence-electron chi connectivity index (χ1n) is 14.7. The molecule has 0 bridgehead atoms. The number of aliphatic imine (C=N–C) groups is 2. The lowest BCUT2D eigenvalue weighted by Crippen LogP contribution is -2.06. The Morgan fingerprint density at radius 2 is 1.23 bits per heavy atom. The van der Waals surface area contributed by atoms with E-state index in [1.165, 1.54) is 27.3 Å². The van der Waals surface area contributed by atoms with E-state index in [4.69, 9.17) is 15.0 Å². The van der Waals surface area contributed by atoms with Gasteiger partial charge in [0.05, 0.1) is 17.1 Å². The summed E-state index contributed by atoms with van der Waals surface area (Å²) < 4.78 is 0. The average Bonchev–Trinajstić information content (AvgIpc) is 3.07. The molecule has 0 saturated carbocycles. The highest BCUT2D eigenvalue weighted by Crippen LogP contribution is 2.35. The van der Waals surface area contributed by atoms with E-state index in [0.29, 0.717) is 0 Å². The lowest BCUT2D eigenvalue weighted by Gasteiger charge is -2.13. The van der Waals surface area contributed by atoms with E-state index in [9.17, 15) is 0 Å². The Hall–Kier alpha value is -5.41. The number of amidine groups is 1. The van der Waals surface area contributed by atoms with Crippen LogP contribution in [-0.2, 0) is 0 Å². The van der Waals surface area contributed by atoms with Crippen molar-refractivity contribution in [2.24, 2.45) is 9.98 Å². The van der Waals surface area contributed by atoms with Gasteiger partial charge in [0, 0.05) is 22.0 Å². The van der Waals surface area contributed by atoms with Gasteiger partial charge < -0.3 is 0 Å². The summed E-state index contributed by atoms with van der Waals surface area (Å²) >= 11 is 0. The second kappa shape index (κ2) is 11.5. The third-order valence-corrected chi connectivity index (χ3v) is 8.06. The molecule has 0 N–H and O–H groups in total. The van der Waals surface area contributed by atoms with E-state index in [2.05, 4.69) is 129 Å². The maximum absolute atomic E-state index is 5.06. The largest absolute Gasteiger partial charge is 0.258 e. The number of fused-ring (bicyclic) bond motifs is 4. The number of rotatable bonds is 5. The first kappa shape index (κ1) is 26.5. The van der Waals surface area contributed by atoms with Crippen LogP contribution in [-0.4, -0.2) is 16.5 Å². The van der Waals surface area contributed by atoms with Gasteiger partial charge in [-0.2, -0.15) is 0 Å². The summed E-state index contributed by atoms with van der Waals surface area (Å²) in [5.74, 6) is 0.734. The summed E-state index contributed by atoms with van der Waals surface area (Å²) in [6, 6.07) is 50.7. The summed E-state index contributed by atoms with van der Waals surface area (Å²) in [4.78, 5) is 15.2. The zero-order valence-corrected chi connectivity index (χ0v) is 24.3. The Bertz CT molecular complexity index is 2130. The number of hydrogen-bond acceptors (Lipinski definition) is 2. The van der Waals surface area contributed by atoms with Gasteiger partial charge in [-0.15, -0.1) is 0 Å². The Morgan fingerprint density at radius 1 is 0.581 bits per heavy atom. The molecule has 6 aromatic carbocycles. The minimum absolute atomic E-state index is 0.0118. The van der Waals surface area contributed by atoms with E-state index >= 15 is 0 Å². The number of benzene rings is 6. The van der Waals surface area contributed by atoms with Gasteiger partial charge in [-0.1, -0.05) is 127 Å². The van der Waals surface area contributed by atoms with Crippen LogP contribution in [0.3, 0.4) is 0 Å². The predicted molar refractivity (Wildman–Crippen MR) is 182 cm³/mol. The van der Waals surface area contributed by atoms with Crippen LogP contribution in [0.1, 0.15) is 36.6 Å². The average molecular weight is 554 g/mol. The molecule has 0 aliphatic rings. The molecule has 43 heavy (non-hydrogen) atoms. The third kappa shape index (κ3) is 5.33. The second-order valence-electron chi connectivity index (χ2n) is 10.9. The molecule has 0 amide bonds. The Kier molecular flexibility index (Phi) is 7.06. The Labute approximate surface area is 251 Å². The lowest BCUT2D eigenvalue weighted by atomic mass is 9.94. The molecule has 0 saturated heterocycles. The van der Waals surface area contributed by atoms with Crippen LogP contribution in [0.5, 0.6) is 0 Å². The maximum atomic E-state index is 5.06. The SMILES string of the molecule is C/C(=N\C(=N/C(C)c1ccccc1)c1ccccc1)c1ccc(-c2cc3nc4ccccc4cc3c3ccccc23)cc1. The molecule has 206 valence electrons. The van der Waals surface area contributed by atoms with Gasteiger partial charge in [0.25, 0.3) is 0 Å². The highest BCUT2D eigenvalue weighted by molar-refractivity contribution is 6.15. The van der Waals surface area contributed by atoms with Crippen LogP contribution >= 0.6 is 0 Å². The van der Waals surface area contributed by atoms with Crippen LogP contribution in [0.4, 0.5) is 0 Å². The second-order valence-corrected chi connectivity index (χ2v) is 10.9. The van der Waals surface area contributed by atoms with Crippen LogP contribution in [0.15, 0.2) is 156 Å². The molecule has 7 aromatic rings. The normalized spacial score (nSPS) is 13.1. The van der Waals surface area contributed by atoms with Gasteiger partial charge in [-0.05, 0) is 65.1 Å². The van der Waals surface area contributed by atoms with E-state index in [0.717, 1.165) is 44.7 Å². The molecule has 3 heteroatoms. The highest BCUT2D eigenvalue weighted by atomic mass is 14.9. The van der Waals surface area contributed by atoms with E-state index in [1.54, 1.807) is 0 Å². The van der Waals surface area contributed by atoms with Gasteiger partial charge in [0.2, 0.25) is 0 Å². The number of aromatic nitrogens is 1. The van der Waals surface area contributed by atoms with E-state index in [1.807, 2.05) is 30.3 Å². The molecular formula is C40H31N3. The van der Waals surface area contributed by atoms with Crippen molar-refractivity contribution in [3.63, 3.8) is 0 Å². The van der Waals surface area contributed by atoms with Crippen molar-refractivity contribution < 1.29 is 0 Å². The fourth-order valence-electron chi connectivity index (χ4n) is 5.72. The molecule has 3 nitrogen and oxygen atoms in total. The molecular weight excluding hydrogens is 522 g/mol. The summed E-state index contributed by atoms with van der Waals surface area (Å²) in [6.07, 6.45) is 0. The molecule has 0 aliphatic carbocycles. The van der Waals surface area contributed by atoms with Gasteiger partial charge in [-0.25, -0.2) is 9.98 Å². The molecule has 1 atom stereocenters. The van der Waals surface area contributed by atoms with E-state index < -0.39 is 0 Å². The van der Waals surface area contributed by atoms with Crippen molar-refractivity contribution in [2.75, 3.05) is 0 Å². The number of pyridine rings is 1. The van der Waals surface area contributed by atoms with Crippen LogP contribution in [0, 0.1) is 0 Å². The molecule has 1 heterocycles. The van der Waals surface area contributed by atoms with Crippen molar-refractivity contribution in [1.29, 1.82) is 0 Å². The molecule has 7 rings (SSSR count). The summed E-state index contributed by atoms with van der Waals surface area (Å²) in [7, 11) is 0. The first-order valence-corrected chi connectivity index (χ1v) is 14.7. The third-order valence-electron chi connectivity index (χ3n) is 8.06. The van der Waals surface area contributed by atoms with Gasteiger partial charge in [0.15, 0.2) is 5.84 Å². The Balaban J connectivity index is 1.28. The topological polar surface area (TPSA) is 37.6 Å². The number of hydrogen-bond donors (Lipinski definition) is 0. The minimum Gasteiger partial charge on any atom is -0.258 e. The van der Waals surface area contributed by atoms with Crippen molar-refractivity contribution in [3.8, 4) is 11.1 Å². The smallest absolute Gasteiger partial charge is 0.155 e. The Morgan fingerprint density at radius 3 is 2.00 bits per heavy atom. The van der Waals surface area contributed by atoms with Crippen molar-refractivity contribution in [2.45, 2.75) is 19.9 Å². The number of para-hydroxylation sites is 1. The monoisotopic (exact) mass is 553 g/mol. The zero-order valence-electron chi connectivity index (χ0n) is 24.3. The summed E-state index contributed by atoms with van der Waals surface area (Å²) in [6.45, 7) is 4.17. The van der Waals surface area contributed by atoms with Crippen molar-refractivity contribution >= 4 is 44.1 Å². The molecule has 0 spiro atoms. The quantitative estimate of drug-likeness (QED) is 0.0904. The van der Waals surface area contributed by atoms with Crippen LogP contribution in [0.2, 0.25) is 0 Å². The van der Waals surface area contributed by atoms with Gasteiger partial charge in [0.1, 0.15) is 0 Å². The lowest BCUT2D eigenvalue weighted by molar-refractivity contribution is 0.818. The zero-order chi connectivity index (χ0) is 29.2. The fraction of sp³-hybridized carbons (Fsp3) is 0.0750. The standard InChI is InChI=1S/C40H31N3/c1-27(29-13-5-3-6-14-29)41-40(32-15-7-4-8-16-32)42-28(2)30-21-23-31(24-22-30)36-26-39-37(35-19-11-10-18-34(35)36)25-33-17-9-12-20-38(33)43-39/h3-27H,1-2H3/b41-40-,42-28+. The maximum Gasteiger partial charge on any atom is 0.155 e. The summed E-state index contributed by atoms with van der Waals surface area (Å²) in [5.41, 5.74) is 8.50. The van der Waals surface area contributed by atoms with Crippen molar-refractivity contribution in [3.05, 3.63) is 162 Å². The van der Waals surface area contributed by atoms with Gasteiger partial charge in [-0.3, -0.25) is 4.99 Å². The van der Waals surface area contributed by atoms with Crippen LogP contribution < -0.4 is 0 Å². The summed E-state index contributed by atoms with van der Waals surface area (Å²) in [5, 5.41) is 4.77. The molecule has 1 aromatic heterocycles.